The fourth-order valence-corrected chi connectivity index (χ4v) is 4.40. The summed E-state index contributed by atoms with van der Waals surface area (Å²) in [6.45, 7) is 0.494. The number of esters is 1. The van der Waals surface area contributed by atoms with Crippen molar-refractivity contribution in [2.45, 2.75) is 18.9 Å². The fourth-order valence-electron chi connectivity index (χ4n) is 3.51. The number of rotatable bonds is 5. The summed E-state index contributed by atoms with van der Waals surface area (Å²) in [5.74, 6) is -1.42. The Labute approximate surface area is 192 Å². The Morgan fingerprint density at radius 3 is 2.61 bits per heavy atom. The largest absolute Gasteiger partial charge is 0.465 e. The summed E-state index contributed by atoms with van der Waals surface area (Å²) < 4.78 is 17.8. The maximum absolute atomic E-state index is 13.0. The van der Waals surface area contributed by atoms with Crippen LogP contribution >= 0.6 is 11.3 Å². The van der Waals surface area contributed by atoms with Crippen LogP contribution in [-0.4, -0.2) is 46.7 Å². The van der Waals surface area contributed by atoms with E-state index < -0.39 is 17.7 Å². The van der Waals surface area contributed by atoms with E-state index in [-0.39, 0.29) is 22.6 Å². The lowest BCUT2D eigenvalue weighted by Gasteiger charge is -2.23. The maximum atomic E-state index is 13.0. The van der Waals surface area contributed by atoms with Gasteiger partial charge in [-0.15, -0.1) is 10.2 Å². The molecule has 1 aliphatic rings. The second-order valence-corrected chi connectivity index (χ2v) is 8.23. The van der Waals surface area contributed by atoms with Crippen molar-refractivity contribution in [3.63, 3.8) is 0 Å². The zero-order valence-corrected chi connectivity index (χ0v) is 18.4. The molecule has 1 saturated heterocycles. The predicted molar refractivity (Wildman–Crippen MR) is 120 cm³/mol. The van der Waals surface area contributed by atoms with Crippen molar-refractivity contribution in [1.82, 2.24) is 15.1 Å². The van der Waals surface area contributed by atoms with Crippen LogP contribution in [0.3, 0.4) is 0 Å². The second-order valence-electron chi connectivity index (χ2n) is 7.23. The number of nitrogens with one attached hydrogen (secondary N) is 2. The molecular formula is C22H20FN5O4S. The molecule has 1 atom stereocenters. The van der Waals surface area contributed by atoms with Gasteiger partial charge in [0.1, 0.15) is 10.8 Å². The summed E-state index contributed by atoms with van der Waals surface area (Å²) in [4.78, 5) is 39.0. The zero-order valence-electron chi connectivity index (χ0n) is 17.6. The lowest BCUT2D eigenvalue weighted by Crippen LogP contribution is -2.34. The molecule has 9 nitrogen and oxygen atoms in total. The molecule has 11 heteroatoms. The number of carbonyl (C=O) groups is 3. The molecule has 170 valence electrons. The van der Waals surface area contributed by atoms with Crippen molar-refractivity contribution in [2.75, 3.05) is 24.3 Å². The molecule has 33 heavy (non-hydrogen) atoms. The first-order valence-electron chi connectivity index (χ1n) is 10.1. The van der Waals surface area contributed by atoms with E-state index in [9.17, 15) is 18.8 Å². The highest BCUT2D eigenvalue weighted by molar-refractivity contribution is 7.13. The smallest absolute Gasteiger partial charge is 0.339 e. The van der Waals surface area contributed by atoms with Crippen LogP contribution in [0.25, 0.3) is 0 Å². The van der Waals surface area contributed by atoms with Crippen LogP contribution in [0.2, 0.25) is 0 Å². The van der Waals surface area contributed by atoms with Crippen LogP contribution in [0.4, 0.5) is 20.6 Å². The Balaban J connectivity index is 1.46. The molecule has 0 radical (unpaired) electrons. The third-order valence-corrected chi connectivity index (χ3v) is 6.13. The van der Waals surface area contributed by atoms with Gasteiger partial charge >= 0.3 is 12.0 Å². The van der Waals surface area contributed by atoms with Gasteiger partial charge in [-0.05, 0) is 49.2 Å². The molecule has 1 aromatic heterocycles. The van der Waals surface area contributed by atoms with Crippen molar-refractivity contribution < 1.29 is 23.5 Å². The van der Waals surface area contributed by atoms with E-state index in [2.05, 4.69) is 20.8 Å². The topological polar surface area (TPSA) is 114 Å². The van der Waals surface area contributed by atoms with Gasteiger partial charge in [-0.3, -0.25) is 4.79 Å². The highest BCUT2D eigenvalue weighted by Crippen LogP contribution is 2.34. The van der Waals surface area contributed by atoms with Crippen LogP contribution in [0.1, 0.15) is 44.1 Å². The van der Waals surface area contributed by atoms with Crippen molar-refractivity contribution in [3.8, 4) is 0 Å². The molecule has 2 N–H and O–H groups in total. The zero-order chi connectivity index (χ0) is 23.4. The van der Waals surface area contributed by atoms with E-state index in [0.29, 0.717) is 29.3 Å². The molecule has 2 aromatic carbocycles. The Morgan fingerprint density at radius 1 is 1.09 bits per heavy atom. The minimum atomic E-state index is -0.551. The van der Waals surface area contributed by atoms with Gasteiger partial charge in [0.2, 0.25) is 5.01 Å². The number of aromatic nitrogens is 2. The number of ether oxygens (including phenoxy) is 1. The van der Waals surface area contributed by atoms with Gasteiger partial charge in [0, 0.05) is 12.2 Å². The van der Waals surface area contributed by atoms with Gasteiger partial charge < -0.3 is 20.3 Å². The van der Waals surface area contributed by atoms with Crippen LogP contribution in [0, 0.1) is 5.82 Å². The van der Waals surface area contributed by atoms with E-state index in [1.807, 2.05) is 0 Å². The molecule has 0 saturated carbocycles. The van der Waals surface area contributed by atoms with Crippen molar-refractivity contribution >= 4 is 40.6 Å². The number of urea groups is 1. The lowest BCUT2D eigenvalue weighted by atomic mass is 10.2. The standard InChI is InChI=1S/C22H20FN5O4S/c1-32-21(30)15-5-2-3-6-16(15)25-22(31)28-12-4-7-17(28)19-26-27-20(33-19)18(29)24-14-10-8-13(23)9-11-14/h2-3,5-6,8-11,17H,4,7,12H2,1H3,(H,24,29)(H,25,31)/t17-/m0/s1. The Kier molecular flexibility index (Phi) is 6.59. The number of amides is 3. The quantitative estimate of drug-likeness (QED) is 0.544. The first-order valence-corrected chi connectivity index (χ1v) is 10.9. The van der Waals surface area contributed by atoms with Gasteiger partial charge in [0.15, 0.2) is 0 Å². The number of para-hydroxylation sites is 1. The SMILES string of the molecule is COC(=O)c1ccccc1NC(=O)N1CCC[C@H]1c1nnc(C(=O)Nc2ccc(F)cc2)s1. The number of methoxy groups -OCH3 is 1. The van der Waals surface area contributed by atoms with E-state index in [0.717, 1.165) is 17.8 Å². The highest BCUT2D eigenvalue weighted by Gasteiger charge is 2.33. The number of nitrogens with zero attached hydrogens (tertiary/aromatic N) is 3. The summed E-state index contributed by atoms with van der Waals surface area (Å²) >= 11 is 1.10. The molecule has 1 fully saturated rings. The summed E-state index contributed by atoms with van der Waals surface area (Å²) in [5, 5.41) is 14.2. The van der Waals surface area contributed by atoms with E-state index in [1.165, 1.54) is 31.4 Å². The molecule has 0 unspecified atom stereocenters. The Hall–Kier alpha value is -3.86. The number of halogens is 1. The number of likely N-dealkylation sites (tertiary alicyclic amines) is 1. The number of benzene rings is 2. The summed E-state index contributed by atoms with van der Waals surface area (Å²) in [6, 6.07) is 11.2. The minimum Gasteiger partial charge on any atom is -0.465 e. The van der Waals surface area contributed by atoms with Gasteiger partial charge in [-0.25, -0.2) is 14.0 Å². The Bertz CT molecular complexity index is 1180. The lowest BCUT2D eigenvalue weighted by molar-refractivity contribution is 0.0601. The van der Waals surface area contributed by atoms with Crippen molar-refractivity contribution in [1.29, 1.82) is 0 Å². The maximum Gasteiger partial charge on any atom is 0.339 e. The molecular weight excluding hydrogens is 449 g/mol. The van der Waals surface area contributed by atoms with Crippen molar-refractivity contribution in [3.05, 3.63) is 69.9 Å². The third kappa shape index (κ3) is 4.98. The number of hydrogen-bond donors (Lipinski definition) is 2. The molecule has 0 spiro atoms. The summed E-state index contributed by atoms with van der Waals surface area (Å²) in [6.07, 6.45) is 1.42. The minimum absolute atomic E-state index is 0.137. The normalized spacial score (nSPS) is 15.2. The monoisotopic (exact) mass is 469 g/mol. The Morgan fingerprint density at radius 2 is 1.85 bits per heavy atom. The van der Waals surface area contributed by atoms with Crippen LogP contribution in [0.5, 0.6) is 0 Å². The molecule has 0 bridgehead atoms. The fraction of sp³-hybridized carbons (Fsp3) is 0.227. The average Bonchev–Trinajstić information content (AvgIpc) is 3.50. The number of carbonyl (C=O) groups excluding carboxylic acids is 3. The highest BCUT2D eigenvalue weighted by atomic mass is 32.1. The first-order chi connectivity index (χ1) is 16.0. The van der Waals surface area contributed by atoms with Gasteiger partial charge in [0.25, 0.3) is 5.91 Å². The summed E-state index contributed by atoms with van der Waals surface area (Å²) in [7, 11) is 1.27. The molecule has 2 heterocycles. The molecule has 0 aliphatic carbocycles. The van der Waals surface area contributed by atoms with Crippen LogP contribution < -0.4 is 10.6 Å². The third-order valence-electron chi connectivity index (χ3n) is 5.11. The van der Waals surface area contributed by atoms with Crippen LogP contribution in [0.15, 0.2) is 48.5 Å². The second kappa shape index (κ2) is 9.74. The van der Waals surface area contributed by atoms with E-state index in [1.54, 1.807) is 29.2 Å². The number of hydrogen-bond acceptors (Lipinski definition) is 7. The van der Waals surface area contributed by atoms with Crippen LogP contribution in [-0.2, 0) is 4.74 Å². The first kappa shape index (κ1) is 22.3. The van der Waals surface area contributed by atoms with E-state index >= 15 is 0 Å². The average molecular weight is 469 g/mol. The van der Waals surface area contributed by atoms with Gasteiger partial charge in [0.05, 0.1) is 24.4 Å². The molecule has 3 aromatic rings. The van der Waals surface area contributed by atoms with Gasteiger partial charge in [-0.2, -0.15) is 0 Å². The predicted octanol–water partition coefficient (Wildman–Crippen LogP) is 4.09. The molecule has 4 rings (SSSR count). The molecule has 1 aliphatic heterocycles. The van der Waals surface area contributed by atoms with Gasteiger partial charge in [-0.1, -0.05) is 23.5 Å². The molecule has 3 amide bonds. The van der Waals surface area contributed by atoms with E-state index in [4.69, 9.17) is 4.74 Å². The summed E-state index contributed by atoms with van der Waals surface area (Å²) in [5.41, 5.74) is 1.03. The van der Waals surface area contributed by atoms with Crippen molar-refractivity contribution in [2.24, 2.45) is 0 Å². The number of anilines is 2.